The van der Waals surface area contributed by atoms with Gasteiger partial charge in [-0.1, -0.05) is 0 Å². The van der Waals surface area contributed by atoms with Crippen molar-refractivity contribution in [2.75, 3.05) is 19.6 Å². The van der Waals surface area contributed by atoms with Gasteiger partial charge in [0.05, 0.1) is 6.54 Å². The summed E-state index contributed by atoms with van der Waals surface area (Å²) in [6, 6.07) is 4.08. The zero-order valence-corrected chi connectivity index (χ0v) is 12.7. The summed E-state index contributed by atoms with van der Waals surface area (Å²) < 4.78 is 5.66. The normalized spacial score (nSPS) is 31.8. The van der Waals surface area contributed by atoms with Gasteiger partial charge in [0.15, 0.2) is 0 Å². The molecule has 1 aromatic heterocycles. The highest BCUT2D eigenvalue weighted by atomic mass is 16.3. The molecular formula is C17H24N2O2. The van der Waals surface area contributed by atoms with Gasteiger partial charge in [-0.2, -0.15) is 0 Å². The molecule has 2 atom stereocenters. The lowest BCUT2D eigenvalue weighted by Crippen LogP contribution is -2.30. The first-order valence-corrected chi connectivity index (χ1v) is 8.20. The molecule has 0 unspecified atom stereocenters. The van der Waals surface area contributed by atoms with E-state index in [2.05, 4.69) is 16.3 Å². The summed E-state index contributed by atoms with van der Waals surface area (Å²) in [6.45, 7) is 5.91. The number of hydrogen-bond acceptors (Lipinski definition) is 3. The van der Waals surface area contributed by atoms with Gasteiger partial charge in [-0.15, -0.1) is 0 Å². The van der Waals surface area contributed by atoms with Crippen LogP contribution in [-0.2, 0) is 11.3 Å². The Morgan fingerprint density at radius 3 is 3.05 bits per heavy atom. The van der Waals surface area contributed by atoms with Crippen molar-refractivity contribution < 1.29 is 9.21 Å². The Morgan fingerprint density at radius 1 is 1.48 bits per heavy atom. The number of amides is 1. The molecule has 2 heterocycles. The van der Waals surface area contributed by atoms with E-state index in [4.69, 9.17) is 4.42 Å². The van der Waals surface area contributed by atoms with Gasteiger partial charge in [0, 0.05) is 19.0 Å². The molecule has 21 heavy (non-hydrogen) atoms. The van der Waals surface area contributed by atoms with Crippen LogP contribution in [0.1, 0.15) is 37.2 Å². The summed E-state index contributed by atoms with van der Waals surface area (Å²) in [5.74, 6) is 3.35. The number of likely N-dealkylation sites (tertiary alicyclic amines) is 1. The average molecular weight is 288 g/mol. The average Bonchev–Trinajstić information content (AvgIpc) is 3.32. The largest absolute Gasteiger partial charge is 0.465 e. The SMILES string of the molecule is Cc1ccc(CN2CC[C@@]3(C[C@H]3C(=O)NCC3CC3)C2)o1. The number of furan rings is 1. The maximum Gasteiger partial charge on any atom is 0.223 e. The van der Waals surface area contributed by atoms with Crippen molar-refractivity contribution in [3.8, 4) is 0 Å². The Bertz CT molecular complexity index is 549. The van der Waals surface area contributed by atoms with Gasteiger partial charge in [-0.05, 0) is 62.6 Å². The topological polar surface area (TPSA) is 45.5 Å². The van der Waals surface area contributed by atoms with Gasteiger partial charge in [0.1, 0.15) is 11.5 Å². The van der Waals surface area contributed by atoms with Crippen LogP contribution in [0.2, 0.25) is 0 Å². The number of aryl methyl sites for hydroxylation is 1. The summed E-state index contributed by atoms with van der Waals surface area (Å²) in [5.41, 5.74) is 0.273. The smallest absolute Gasteiger partial charge is 0.223 e. The van der Waals surface area contributed by atoms with Gasteiger partial charge in [-0.3, -0.25) is 9.69 Å². The second kappa shape index (κ2) is 4.87. The molecule has 4 heteroatoms. The van der Waals surface area contributed by atoms with Crippen molar-refractivity contribution in [2.24, 2.45) is 17.3 Å². The van der Waals surface area contributed by atoms with Crippen LogP contribution in [0.3, 0.4) is 0 Å². The van der Waals surface area contributed by atoms with E-state index in [1.165, 1.54) is 12.8 Å². The third-order valence-electron chi connectivity index (χ3n) is 5.41. The van der Waals surface area contributed by atoms with Crippen molar-refractivity contribution in [1.29, 1.82) is 0 Å². The molecule has 4 nitrogen and oxygen atoms in total. The minimum atomic E-state index is 0.264. The second-order valence-electron chi connectivity index (χ2n) is 7.28. The fourth-order valence-electron chi connectivity index (χ4n) is 3.77. The second-order valence-corrected chi connectivity index (χ2v) is 7.28. The lowest BCUT2D eigenvalue weighted by Gasteiger charge is -2.14. The Balaban J connectivity index is 1.29. The van der Waals surface area contributed by atoms with E-state index >= 15 is 0 Å². The summed E-state index contributed by atoms with van der Waals surface area (Å²) in [6.07, 6.45) is 4.84. The van der Waals surface area contributed by atoms with Crippen molar-refractivity contribution in [1.82, 2.24) is 10.2 Å². The number of nitrogens with zero attached hydrogens (tertiary/aromatic N) is 1. The molecule has 0 radical (unpaired) electrons. The minimum Gasteiger partial charge on any atom is -0.465 e. The fourth-order valence-corrected chi connectivity index (χ4v) is 3.77. The lowest BCUT2D eigenvalue weighted by molar-refractivity contribution is -0.123. The van der Waals surface area contributed by atoms with Crippen molar-refractivity contribution in [3.63, 3.8) is 0 Å². The predicted molar refractivity (Wildman–Crippen MR) is 79.6 cm³/mol. The van der Waals surface area contributed by atoms with E-state index in [1.807, 2.05) is 13.0 Å². The molecule has 3 aliphatic rings. The van der Waals surface area contributed by atoms with Gasteiger partial charge in [0.25, 0.3) is 0 Å². The highest BCUT2D eigenvalue weighted by Gasteiger charge is 2.60. The van der Waals surface area contributed by atoms with E-state index in [1.54, 1.807) is 0 Å². The molecule has 0 bridgehead atoms. The fraction of sp³-hybridized carbons (Fsp3) is 0.706. The first-order valence-electron chi connectivity index (χ1n) is 8.20. The zero-order chi connectivity index (χ0) is 14.4. The van der Waals surface area contributed by atoms with Crippen LogP contribution in [0.15, 0.2) is 16.5 Å². The number of carbonyl (C=O) groups is 1. The highest BCUT2D eigenvalue weighted by molar-refractivity contribution is 5.82. The lowest BCUT2D eigenvalue weighted by atomic mass is 10.0. The number of rotatable bonds is 5. The van der Waals surface area contributed by atoms with Crippen LogP contribution in [0.5, 0.6) is 0 Å². The molecule has 3 fully saturated rings. The number of hydrogen-bond donors (Lipinski definition) is 1. The molecule has 4 rings (SSSR count). The van der Waals surface area contributed by atoms with Crippen LogP contribution in [-0.4, -0.2) is 30.4 Å². The van der Waals surface area contributed by atoms with E-state index < -0.39 is 0 Å². The number of carbonyl (C=O) groups excluding carboxylic acids is 1. The van der Waals surface area contributed by atoms with Crippen molar-refractivity contribution in [3.05, 3.63) is 23.7 Å². The van der Waals surface area contributed by atoms with E-state index in [0.717, 1.165) is 56.5 Å². The Labute approximate surface area is 125 Å². The molecule has 0 aromatic carbocycles. The first-order chi connectivity index (χ1) is 10.1. The predicted octanol–water partition coefficient (Wildman–Crippen LogP) is 2.33. The third-order valence-corrected chi connectivity index (χ3v) is 5.41. The monoisotopic (exact) mass is 288 g/mol. The van der Waals surface area contributed by atoms with Crippen LogP contribution in [0.25, 0.3) is 0 Å². The Morgan fingerprint density at radius 2 is 2.33 bits per heavy atom. The molecule has 2 aliphatic carbocycles. The summed E-state index contributed by atoms with van der Waals surface area (Å²) >= 11 is 0. The summed E-state index contributed by atoms with van der Waals surface area (Å²) in [7, 11) is 0. The van der Waals surface area contributed by atoms with E-state index in [0.29, 0.717) is 5.91 Å². The minimum absolute atomic E-state index is 0.264. The van der Waals surface area contributed by atoms with Crippen LogP contribution < -0.4 is 5.32 Å². The van der Waals surface area contributed by atoms with Gasteiger partial charge < -0.3 is 9.73 Å². The maximum absolute atomic E-state index is 12.2. The molecular weight excluding hydrogens is 264 g/mol. The summed E-state index contributed by atoms with van der Waals surface area (Å²) in [5, 5.41) is 3.15. The molecule has 1 aliphatic heterocycles. The maximum atomic E-state index is 12.2. The van der Waals surface area contributed by atoms with Crippen LogP contribution in [0.4, 0.5) is 0 Å². The number of nitrogens with one attached hydrogen (secondary N) is 1. The molecule has 1 amide bonds. The molecule has 1 N–H and O–H groups in total. The van der Waals surface area contributed by atoms with Gasteiger partial charge in [-0.25, -0.2) is 0 Å². The van der Waals surface area contributed by atoms with Crippen LogP contribution in [0, 0.1) is 24.2 Å². The van der Waals surface area contributed by atoms with Crippen LogP contribution >= 0.6 is 0 Å². The van der Waals surface area contributed by atoms with Crippen molar-refractivity contribution in [2.45, 2.75) is 39.2 Å². The quantitative estimate of drug-likeness (QED) is 0.904. The molecule has 2 saturated carbocycles. The van der Waals surface area contributed by atoms with E-state index in [-0.39, 0.29) is 11.3 Å². The van der Waals surface area contributed by atoms with Crippen molar-refractivity contribution >= 4 is 5.91 Å². The third kappa shape index (κ3) is 2.73. The van der Waals surface area contributed by atoms with E-state index in [9.17, 15) is 4.79 Å². The Kier molecular flexibility index (Phi) is 3.10. The first kappa shape index (κ1) is 13.4. The molecule has 1 aromatic rings. The highest BCUT2D eigenvalue weighted by Crippen LogP contribution is 2.58. The molecule has 114 valence electrons. The van der Waals surface area contributed by atoms with Gasteiger partial charge in [0.2, 0.25) is 5.91 Å². The molecule has 1 spiro atoms. The standard InChI is InChI=1S/C17H24N2O2/c1-12-2-5-14(21-12)10-19-7-6-17(11-19)8-15(17)16(20)18-9-13-3-4-13/h2,5,13,15H,3-4,6-11H2,1H3,(H,18,20)/t15-,17+/m0/s1. The zero-order valence-electron chi connectivity index (χ0n) is 12.7. The Hall–Kier alpha value is -1.29. The summed E-state index contributed by atoms with van der Waals surface area (Å²) in [4.78, 5) is 14.7. The van der Waals surface area contributed by atoms with Gasteiger partial charge >= 0.3 is 0 Å². The molecule has 1 saturated heterocycles.